The third-order valence-corrected chi connectivity index (χ3v) is 4.66. The molecule has 0 saturated carbocycles. The van der Waals surface area contributed by atoms with E-state index in [1.54, 1.807) is 0 Å². The summed E-state index contributed by atoms with van der Waals surface area (Å²) in [6.07, 6.45) is 3.25. The van der Waals surface area contributed by atoms with Crippen molar-refractivity contribution in [3.8, 4) is 0 Å². The zero-order valence-corrected chi connectivity index (χ0v) is 14.0. The third kappa shape index (κ3) is 3.35. The van der Waals surface area contributed by atoms with Crippen molar-refractivity contribution in [1.82, 2.24) is 4.90 Å². The van der Waals surface area contributed by atoms with Crippen LogP contribution in [-0.2, 0) is 4.79 Å². The van der Waals surface area contributed by atoms with E-state index in [4.69, 9.17) is 17.3 Å². The number of hydrogen-bond acceptors (Lipinski definition) is 2. The van der Waals surface area contributed by atoms with Crippen molar-refractivity contribution in [2.45, 2.75) is 44.7 Å². The number of nitrogens with two attached hydrogens (primary N) is 1. The average Bonchev–Trinajstić information content (AvgIpc) is 2.52. The smallest absolute Gasteiger partial charge is 0.223 e. The summed E-state index contributed by atoms with van der Waals surface area (Å²) in [5.41, 5.74) is 7.40. The van der Waals surface area contributed by atoms with Crippen LogP contribution in [0.15, 0.2) is 22.7 Å². The molecule has 1 saturated heterocycles. The molecule has 1 heterocycles. The molecule has 1 aromatic rings. The minimum atomic E-state index is -0.0726. The molecule has 1 aromatic carbocycles. The highest BCUT2D eigenvalue weighted by atomic mass is 79.9. The number of halogens is 2. The number of rotatable bonds is 3. The summed E-state index contributed by atoms with van der Waals surface area (Å²) in [6, 6.07) is 5.58. The number of carbonyl (C=O) groups is 1. The molecule has 0 spiro atoms. The number of hydrogen-bond donors (Lipinski definition) is 1. The van der Waals surface area contributed by atoms with Gasteiger partial charge in [-0.25, -0.2) is 0 Å². The SMILES string of the molecule is CCCN1C(=O)CCCC(N)C1c1ccc(Cl)cc1Br. The highest BCUT2D eigenvalue weighted by molar-refractivity contribution is 9.10. The Morgan fingerprint density at radius 3 is 2.90 bits per heavy atom. The van der Waals surface area contributed by atoms with E-state index in [2.05, 4.69) is 22.9 Å². The Kier molecular flexibility index (Phi) is 5.47. The van der Waals surface area contributed by atoms with Crippen LogP contribution in [0.1, 0.15) is 44.2 Å². The zero-order valence-electron chi connectivity index (χ0n) is 11.6. The summed E-state index contributed by atoms with van der Waals surface area (Å²) in [5, 5.41) is 0.677. The van der Waals surface area contributed by atoms with Gasteiger partial charge in [0.2, 0.25) is 5.91 Å². The molecule has 2 rings (SSSR count). The van der Waals surface area contributed by atoms with Crippen LogP contribution < -0.4 is 5.73 Å². The van der Waals surface area contributed by atoms with Crippen molar-refractivity contribution in [3.05, 3.63) is 33.3 Å². The largest absolute Gasteiger partial charge is 0.334 e. The lowest BCUT2D eigenvalue weighted by atomic mass is 9.96. The van der Waals surface area contributed by atoms with Crippen molar-refractivity contribution in [1.29, 1.82) is 0 Å². The first-order valence-electron chi connectivity index (χ1n) is 7.04. The first-order chi connectivity index (χ1) is 9.54. The maximum atomic E-state index is 12.3. The van der Waals surface area contributed by atoms with Gasteiger partial charge in [-0.3, -0.25) is 4.79 Å². The average molecular weight is 360 g/mol. The Bertz CT molecular complexity index is 495. The molecule has 5 heteroatoms. The Morgan fingerprint density at radius 2 is 2.25 bits per heavy atom. The van der Waals surface area contributed by atoms with Gasteiger partial charge in [-0.15, -0.1) is 0 Å². The Labute approximate surface area is 133 Å². The Morgan fingerprint density at radius 1 is 1.50 bits per heavy atom. The lowest BCUT2D eigenvalue weighted by molar-refractivity contribution is -0.133. The fraction of sp³-hybridized carbons (Fsp3) is 0.533. The van der Waals surface area contributed by atoms with Crippen molar-refractivity contribution in [3.63, 3.8) is 0 Å². The minimum Gasteiger partial charge on any atom is -0.334 e. The van der Waals surface area contributed by atoms with Crippen LogP contribution in [0.3, 0.4) is 0 Å². The molecule has 0 aromatic heterocycles. The molecule has 1 aliphatic rings. The van der Waals surface area contributed by atoms with Gasteiger partial charge < -0.3 is 10.6 Å². The lowest BCUT2D eigenvalue weighted by Gasteiger charge is -2.34. The first kappa shape index (κ1) is 15.8. The van der Waals surface area contributed by atoms with E-state index in [9.17, 15) is 4.79 Å². The van der Waals surface area contributed by atoms with Crippen molar-refractivity contribution in [2.24, 2.45) is 5.73 Å². The topological polar surface area (TPSA) is 46.3 Å². The highest BCUT2D eigenvalue weighted by Gasteiger charge is 2.33. The van der Waals surface area contributed by atoms with Gasteiger partial charge in [-0.2, -0.15) is 0 Å². The summed E-state index contributed by atoms with van der Waals surface area (Å²) >= 11 is 9.57. The van der Waals surface area contributed by atoms with Gasteiger partial charge in [0.15, 0.2) is 0 Å². The second-order valence-electron chi connectivity index (χ2n) is 5.25. The van der Waals surface area contributed by atoms with E-state index >= 15 is 0 Å². The van der Waals surface area contributed by atoms with Gasteiger partial charge in [0.05, 0.1) is 6.04 Å². The molecule has 0 bridgehead atoms. The molecule has 3 nitrogen and oxygen atoms in total. The molecule has 1 fully saturated rings. The maximum absolute atomic E-state index is 12.3. The molecule has 0 aliphatic carbocycles. The quantitative estimate of drug-likeness (QED) is 0.890. The predicted molar refractivity (Wildman–Crippen MR) is 85.7 cm³/mol. The second kappa shape index (κ2) is 6.92. The van der Waals surface area contributed by atoms with E-state index in [1.807, 2.05) is 23.1 Å². The molecular formula is C15H20BrClN2O. The fourth-order valence-electron chi connectivity index (χ4n) is 2.82. The molecule has 0 radical (unpaired) electrons. The van der Waals surface area contributed by atoms with Crippen LogP contribution in [0, 0.1) is 0 Å². The summed E-state index contributed by atoms with van der Waals surface area (Å²) in [4.78, 5) is 14.3. The van der Waals surface area contributed by atoms with Crippen LogP contribution in [0.5, 0.6) is 0 Å². The van der Waals surface area contributed by atoms with Crippen molar-refractivity contribution < 1.29 is 4.79 Å². The van der Waals surface area contributed by atoms with Gasteiger partial charge in [-0.1, -0.05) is 40.5 Å². The van der Waals surface area contributed by atoms with E-state index in [1.165, 1.54) is 0 Å². The van der Waals surface area contributed by atoms with Crippen LogP contribution in [0.25, 0.3) is 0 Å². The standard InChI is InChI=1S/C15H20BrClN2O/c1-2-8-19-14(20)5-3-4-13(18)15(19)11-7-6-10(17)9-12(11)16/h6-7,9,13,15H,2-5,8,18H2,1H3. The van der Waals surface area contributed by atoms with Gasteiger partial charge in [-0.05, 0) is 37.0 Å². The van der Waals surface area contributed by atoms with Crippen LogP contribution in [0.2, 0.25) is 5.02 Å². The van der Waals surface area contributed by atoms with Gasteiger partial charge in [0.25, 0.3) is 0 Å². The van der Waals surface area contributed by atoms with Crippen LogP contribution in [0.4, 0.5) is 0 Å². The van der Waals surface area contributed by atoms with E-state index in [0.717, 1.165) is 35.8 Å². The summed E-state index contributed by atoms with van der Waals surface area (Å²) in [7, 11) is 0. The lowest BCUT2D eigenvalue weighted by Crippen LogP contribution is -2.42. The molecule has 2 N–H and O–H groups in total. The molecular weight excluding hydrogens is 340 g/mol. The van der Waals surface area contributed by atoms with Gasteiger partial charge >= 0.3 is 0 Å². The molecule has 20 heavy (non-hydrogen) atoms. The van der Waals surface area contributed by atoms with Crippen molar-refractivity contribution >= 4 is 33.4 Å². The summed E-state index contributed by atoms with van der Waals surface area (Å²) in [5.74, 6) is 0.201. The van der Waals surface area contributed by atoms with Crippen LogP contribution in [-0.4, -0.2) is 23.4 Å². The molecule has 2 unspecified atom stereocenters. The highest BCUT2D eigenvalue weighted by Crippen LogP contribution is 2.35. The number of nitrogens with zero attached hydrogens (tertiary/aromatic N) is 1. The fourth-order valence-corrected chi connectivity index (χ4v) is 3.74. The number of benzene rings is 1. The second-order valence-corrected chi connectivity index (χ2v) is 6.54. The minimum absolute atomic E-state index is 0.0366. The summed E-state index contributed by atoms with van der Waals surface area (Å²) < 4.78 is 0.918. The number of likely N-dealkylation sites (tertiary alicyclic amines) is 1. The molecule has 2 atom stereocenters. The first-order valence-corrected chi connectivity index (χ1v) is 8.21. The zero-order chi connectivity index (χ0) is 14.7. The number of amides is 1. The molecule has 1 aliphatic heterocycles. The van der Waals surface area contributed by atoms with E-state index < -0.39 is 0 Å². The summed E-state index contributed by atoms with van der Waals surface area (Å²) in [6.45, 7) is 2.82. The van der Waals surface area contributed by atoms with E-state index in [-0.39, 0.29) is 18.0 Å². The Balaban J connectivity index is 2.42. The third-order valence-electron chi connectivity index (χ3n) is 3.74. The van der Waals surface area contributed by atoms with Gasteiger partial charge in [0.1, 0.15) is 0 Å². The van der Waals surface area contributed by atoms with Crippen LogP contribution >= 0.6 is 27.5 Å². The van der Waals surface area contributed by atoms with Crippen molar-refractivity contribution in [2.75, 3.05) is 6.54 Å². The molecule has 1 amide bonds. The maximum Gasteiger partial charge on any atom is 0.223 e. The Hall–Kier alpha value is -0.580. The number of carbonyl (C=O) groups excluding carboxylic acids is 1. The van der Waals surface area contributed by atoms with E-state index in [0.29, 0.717) is 11.4 Å². The predicted octanol–water partition coefficient (Wildman–Crippen LogP) is 3.89. The molecule has 110 valence electrons. The van der Waals surface area contributed by atoms with Gasteiger partial charge in [0, 0.05) is 28.5 Å². The monoisotopic (exact) mass is 358 g/mol. The normalized spacial score (nSPS) is 23.8.